The molecule has 0 spiro atoms. The number of anilines is 1. The van der Waals surface area contributed by atoms with Crippen molar-refractivity contribution in [3.63, 3.8) is 0 Å². The van der Waals surface area contributed by atoms with Gasteiger partial charge in [-0.1, -0.05) is 24.3 Å². The van der Waals surface area contributed by atoms with Crippen LogP contribution >= 0.6 is 0 Å². The topological polar surface area (TPSA) is 49.9 Å². The number of hydrogen-bond donors (Lipinski definition) is 2. The smallest absolute Gasteiger partial charge is 0.146 e. The highest BCUT2D eigenvalue weighted by Gasteiger charge is 2.13. The summed E-state index contributed by atoms with van der Waals surface area (Å²) in [6.07, 6.45) is 2.30. The lowest BCUT2D eigenvalue weighted by Gasteiger charge is -2.20. The molecule has 106 valence electrons. The largest absolute Gasteiger partial charge is 0.484 e. The third-order valence-electron chi connectivity index (χ3n) is 3.84. The van der Waals surface area contributed by atoms with Gasteiger partial charge in [0.25, 0.3) is 0 Å². The maximum Gasteiger partial charge on any atom is 0.146 e. The van der Waals surface area contributed by atoms with Gasteiger partial charge in [-0.15, -0.1) is 0 Å². The maximum atomic E-state index is 5.96. The molecule has 4 rings (SSSR count). The molecule has 4 heteroatoms. The number of aryl methyl sites for hydroxylation is 1. The predicted octanol–water partition coefficient (Wildman–Crippen LogP) is 3.50. The van der Waals surface area contributed by atoms with Crippen molar-refractivity contribution in [2.45, 2.75) is 19.4 Å². The maximum absolute atomic E-state index is 5.96. The van der Waals surface area contributed by atoms with Gasteiger partial charge in [0.2, 0.25) is 0 Å². The molecule has 1 aliphatic rings. The van der Waals surface area contributed by atoms with Gasteiger partial charge in [-0.2, -0.15) is 0 Å². The molecular weight excluding hydrogens is 262 g/mol. The Morgan fingerprint density at radius 1 is 1.10 bits per heavy atom. The summed E-state index contributed by atoms with van der Waals surface area (Å²) >= 11 is 0. The van der Waals surface area contributed by atoms with Gasteiger partial charge in [-0.05, 0) is 36.6 Å². The first kappa shape index (κ1) is 12.3. The van der Waals surface area contributed by atoms with Crippen LogP contribution in [0.1, 0.15) is 17.8 Å². The Balaban J connectivity index is 1.56. The van der Waals surface area contributed by atoms with Gasteiger partial charge in [0.1, 0.15) is 18.2 Å². The van der Waals surface area contributed by atoms with Crippen molar-refractivity contribution in [3.05, 3.63) is 53.9 Å². The van der Waals surface area contributed by atoms with Crippen molar-refractivity contribution < 1.29 is 4.74 Å². The van der Waals surface area contributed by atoms with Gasteiger partial charge >= 0.3 is 0 Å². The molecule has 0 fully saturated rings. The second-order valence-corrected chi connectivity index (χ2v) is 5.31. The number of fused-ring (bicyclic) bond motifs is 2. The van der Waals surface area contributed by atoms with Gasteiger partial charge in [-0.3, -0.25) is 0 Å². The van der Waals surface area contributed by atoms with Gasteiger partial charge in [0.15, 0.2) is 0 Å². The van der Waals surface area contributed by atoms with E-state index in [0.29, 0.717) is 6.61 Å². The summed E-state index contributed by atoms with van der Waals surface area (Å²) in [5, 5.41) is 3.44. The molecule has 2 aromatic carbocycles. The van der Waals surface area contributed by atoms with E-state index in [2.05, 4.69) is 27.4 Å². The molecule has 0 atom stereocenters. The highest BCUT2D eigenvalue weighted by Crippen LogP contribution is 2.32. The van der Waals surface area contributed by atoms with Crippen molar-refractivity contribution in [1.29, 1.82) is 0 Å². The Labute approximate surface area is 123 Å². The number of rotatable bonds is 3. The van der Waals surface area contributed by atoms with Crippen LogP contribution in [0.2, 0.25) is 0 Å². The zero-order valence-corrected chi connectivity index (χ0v) is 11.7. The number of aromatic nitrogens is 2. The zero-order chi connectivity index (χ0) is 14.1. The number of benzene rings is 2. The van der Waals surface area contributed by atoms with Crippen molar-refractivity contribution >= 4 is 16.7 Å². The predicted molar refractivity (Wildman–Crippen MR) is 83.7 cm³/mol. The molecular formula is C17H17N3O. The van der Waals surface area contributed by atoms with E-state index in [0.717, 1.165) is 41.3 Å². The fourth-order valence-electron chi connectivity index (χ4n) is 2.82. The first-order valence-corrected chi connectivity index (χ1v) is 7.32. The van der Waals surface area contributed by atoms with Crippen LogP contribution in [0.5, 0.6) is 5.75 Å². The minimum Gasteiger partial charge on any atom is -0.484 e. The van der Waals surface area contributed by atoms with Crippen molar-refractivity contribution in [2.24, 2.45) is 0 Å². The van der Waals surface area contributed by atoms with Gasteiger partial charge in [0, 0.05) is 6.54 Å². The first-order chi connectivity index (χ1) is 10.4. The number of aromatic amines is 1. The van der Waals surface area contributed by atoms with Crippen LogP contribution in [0.15, 0.2) is 42.5 Å². The Kier molecular flexibility index (Phi) is 2.99. The van der Waals surface area contributed by atoms with E-state index in [4.69, 9.17) is 4.74 Å². The summed E-state index contributed by atoms with van der Waals surface area (Å²) in [7, 11) is 0. The van der Waals surface area contributed by atoms with Gasteiger partial charge in [-0.25, -0.2) is 4.98 Å². The molecule has 0 bridgehead atoms. The molecule has 0 saturated heterocycles. The average molecular weight is 279 g/mol. The van der Waals surface area contributed by atoms with E-state index in [1.165, 1.54) is 12.0 Å². The Hall–Kier alpha value is -2.49. The quantitative estimate of drug-likeness (QED) is 0.771. The first-order valence-electron chi connectivity index (χ1n) is 7.32. The van der Waals surface area contributed by atoms with E-state index < -0.39 is 0 Å². The molecule has 0 saturated carbocycles. The molecule has 3 aromatic rings. The van der Waals surface area contributed by atoms with Gasteiger partial charge in [0.05, 0.1) is 16.7 Å². The van der Waals surface area contributed by atoms with Crippen LogP contribution in [-0.2, 0) is 13.0 Å². The standard InChI is InChI=1S/C17H17N3O/c1-2-8-14-13(7-1)19-16(20-14)11-21-15-9-3-5-12-6-4-10-18-17(12)15/h1-3,5,7-9,18H,4,6,10-11H2,(H,19,20). The van der Waals surface area contributed by atoms with Crippen LogP contribution in [0, 0.1) is 0 Å². The number of imidazole rings is 1. The number of H-pyrrole nitrogens is 1. The van der Waals surface area contributed by atoms with Crippen molar-refractivity contribution in [3.8, 4) is 5.75 Å². The Morgan fingerprint density at radius 3 is 3.00 bits per heavy atom. The van der Waals surface area contributed by atoms with Crippen molar-refractivity contribution in [2.75, 3.05) is 11.9 Å². The molecule has 2 N–H and O–H groups in total. The molecule has 4 nitrogen and oxygen atoms in total. The van der Waals surface area contributed by atoms with Crippen LogP contribution in [-0.4, -0.2) is 16.5 Å². The van der Waals surface area contributed by atoms with Crippen LogP contribution in [0.4, 0.5) is 5.69 Å². The number of nitrogens with one attached hydrogen (secondary N) is 2. The highest BCUT2D eigenvalue weighted by atomic mass is 16.5. The van der Waals surface area contributed by atoms with E-state index >= 15 is 0 Å². The highest BCUT2D eigenvalue weighted by molar-refractivity contribution is 5.74. The average Bonchev–Trinajstić information content (AvgIpc) is 2.96. The third-order valence-corrected chi connectivity index (χ3v) is 3.84. The summed E-state index contributed by atoms with van der Waals surface area (Å²) in [5.74, 6) is 1.76. The number of hydrogen-bond acceptors (Lipinski definition) is 3. The number of ether oxygens (including phenoxy) is 1. The molecule has 0 unspecified atom stereocenters. The fourth-order valence-corrected chi connectivity index (χ4v) is 2.82. The number of nitrogens with zero attached hydrogens (tertiary/aromatic N) is 1. The molecule has 0 aliphatic carbocycles. The summed E-state index contributed by atoms with van der Waals surface area (Å²) in [6.45, 7) is 1.46. The van der Waals surface area contributed by atoms with Crippen LogP contribution in [0.25, 0.3) is 11.0 Å². The lowest BCUT2D eigenvalue weighted by Crippen LogP contribution is -2.13. The fraction of sp³-hybridized carbons (Fsp3) is 0.235. The minimum atomic E-state index is 0.451. The third kappa shape index (κ3) is 2.33. The summed E-state index contributed by atoms with van der Waals surface area (Å²) in [5.41, 5.74) is 4.50. The molecule has 2 heterocycles. The van der Waals surface area contributed by atoms with Crippen LogP contribution in [0.3, 0.4) is 0 Å². The second kappa shape index (κ2) is 5.13. The monoisotopic (exact) mass is 279 g/mol. The summed E-state index contributed by atoms with van der Waals surface area (Å²) in [6, 6.07) is 14.3. The summed E-state index contributed by atoms with van der Waals surface area (Å²) < 4.78 is 5.96. The number of para-hydroxylation sites is 3. The molecule has 0 amide bonds. The van der Waals surface area contributed by atoms with Crippen molar-refractivity contribution in [1.82, 2.24) is 9.97 Å². The van der Waals surface area contributed by atoms with E-state index in [1.807, 2.05) is 30.3 Å². The SMILES string of the molecule is c1cc2c(c(OCc3nc4ccccc4[nH]3)c1)NCCC2. The van der Waals surface area contributed by atoms with E-state index in [-0.39, 0.29) is 0 Å². The zero-order valence-electron chi connectivity index (χ0n) is 11.7. The molecule has 1 aromatic heterocycles. The lowest BCUT2D eigenvalue weighted by molar-refractivity contribution is 0.298. The van der Waals surface area contributed by atoms with E-state index in [9.17, 15) is 0 Å². The second-order valence-electron chi connectivity index (χ2n) is 5.31. The van der Waals surface area contributed by atoms with E-state index in [1.54, 1.807) is 0 Å². The molecule has 1 aliphatic heterocycles. The molecule has 0 radical (unpaired) electrons. The van der Waals surface area contributed by atoms with Gasteiger partial charge < -0.3 is 15.0 Å². The summed E-state index contributed by atoms with van der Waals surface area (Å²) in [4.78, 5) is 7.83. The lowest BCUT2D eigenvalue weighted by atomic mass is 10.0. The molecule has 21 heavy (non-hydrogen) atoms. The normalized spacial score (nSPS) is 13.7. The minimum absolute atomic E-state index is 0.451. The Morgan fingerprint density at radius 2 is 2.05 bits per heavy atom. The Bertz CT molecular complexity index is 746. The van der Waals surface area contributed by atoms with Crippen LogP contribution < -0.4 is 10.1 Å².